The first-order valence-electron chi connectivity index (χ1n) is 9.07. The van der Waals surface area contributed by atoms with E-state index in [1.807, 2.05) is 43.3 Å². The molecule has 0 saturated heterocycles. The first-order chi connectivity index (χ1) is 12.9. The smallest absolute Gasteiger partial charge is 0.273 e. The minimum absolute atomic E-state index is 0.262. The Labute approximate surface area is 159 Å². The van der Waals surface area contributed by atoms with Crippen molar-refractivity contribution in [2.75, 3.05) is 6.54 Å². The number of nitrogens with two attached hydrogens (primary N) is 1. The highest BCUT2D eigenvalue weighted by atomic mass is 16.2. The monoisotopic (exact) mass is 363 g/mol. The summed E-state index contributed by atoms with van der Waals surface area (Å²) in [5, 5.41) is 10.8. The number of aromatic nitrogens is 3. The summed E-state index contributed by atoms with van der Waals surface area (Å²) in [6.45, 7) is 6.65. The molecule has 6 nitrogen and oxygen atoms in total. The number of carbonyl (C=O) groups excluding carboxylic acids is 1. The molecule has 6 heteroatoms. The van der Waals surface area contributed by atoms with Crippen LogP contribution in [0.1, 0.15) is 53.0 Å². The van der Waals surface area contributed by atoms with Crippen LogP contribution in [0.25, 0.3) is 5.69 Å². The van der Waals surface area contributed by atoms with E-state index in [0.717, 1.165) is 16.8 Å². The first kappa shape index (κ1) is 18.8. The maximum Gasteiger partial charge on any atom is 0.273 e. The Morgan fingerprint density at radius 1 is 1.07 bits per heavy atom. The van der Waals surface area contributed by atoms with Gasteiger partial charge in [-0.05, 0) is 36.1 Å². The fraction of sp³-hybridized carbons (Fsp3) is 0.286. The molecule has 0 radical (unpaired) electrons. The van der Waals surface area contributed by atoms with Crippen LogP contribution in [0.3, 0.4) is 0 Å². The van der Waals surface area contributed by atoms with E-state index in [-0.39, 0.29) is 17.6 Å². The molecule has 1 atom stereocenters. The SMILES string of the molecule is Cc1ccc(-n2cc(C(=O)NCC(N)c3ccc(C(C)C)cc3)nn2)cc1. The minimum Gasteiger partial charge on any atom is -0.349 e. The van der Waals surface area contributed by atoms with Gasteiger partial charge in [0.2, 0.25) is 0 Å². The van der Waals surface area contributed by atoms with Crippen LogP contribution in [0.4, 0.5) is 0 Å². The van der Waals surface area contributed by atoms with Crippen LogP contribution in [-0.4, -0.2) is 27.4 Å². The van der Waals surface area contributed by atoms with Crippen molar-refractivity contribution < 1.29 is 4.79 Å². The van der Waals surface area contributed by atoms with Gasteiger partial charge in [-0.2, -0.15) is 0 Å². The zero-order valence-corrected chi connectivity index (χ0v) is 15.9. The van der Waals surface area contributed by atoms with Gasteiger partial charge in [0.1, 0.15) is 0 Å². The maximum absolute atomic E-state index is 12.3. The quantitative estimate of drug-likeness (QED) is 0.704. The van der Waals surface area contributed by atoms with E-state index in [2.05, 4.69) is 41.6 Å². The molecule has 0 bridgehead atoms. The lowest BCUT2D eigenvalue weighted by molar-refractivity contribution is 0.0946. The molecular weight excluding hydrogens is 338 g/mol. The number of hydrogen-bond donors (Lipinski definition) is 2. The van der Waals surface area contributed by atoms with Crippen molar-refractivity contribution in [1.82, 2.24) is 20.3 Å². The van der Waals surface area contributed by atoms with Crippen LogP contribution < -0.4 is 11.1 Å². The van der Waals surface area contributed by atoms with E-state index in [9.17, 15) is 4.79 Å². The van der Waals surface area contributed by atoms with Crippen LogP contribution in [0, 0.1) is 6.92 Å². The Morgan fingerprint density at radius 3 is 2.33 bits per heavy atom. The molecule has 0 spiro atoms. The van der Waals surface area contributed by atoms with Crippen LogP contribution in [0.5, 0.6) is 0 Å². The molecule has 3 aromatic rings. The van der Waals surface area contributed by atoms with Gasteiger partial charge in [-0.15, -0.1) is 5.10 Å². The average Bonchev–Trinajstić information content (AvgIpc) is 3.16. The van der Waals surface area contributed by atoms with Crippen LogP contribution in [-0.2, 0) is 0 Å². The molecule has 0 aliphatic rings. The number of benzene rings is 2. The molecular formula is C21H25N5O. The summed E-state index contributed by atoms with van der Waals surface area (Å²) >= 11 is 0. The number of nitrogens with one attached hydrogen (secondary N) is 1. The van der Waals surface area contributed by atoms with Crippen molar-refractivity contribution in [3.63, 3.8) is 0 Å². The molecule has 0 fully saturated rings. The van der Waals surface area contributed by atoms with Gasteiger partial charge in [0.15, 0.2) is 5.69 Å². The highest BCUT2D eigenvalue weighted by Gasteiger charge is 2.14. The topological polar surface area (TPSA) is 85.8 Å². The molecule has 3 rings (SSSR count). The van der Waals surface area contributed by atoms with Crippen molar-refractivity contribution in [2.24, 2.45) is 5.73 Å². The van der Waals surface area contributed by atoms with Crippen molar-refractivity contribution in [1.29, 1.82) is 0 Å². The van der Waals surface area contributed by atoms with Crippen molar-refractivity contribution >= 4 is 5.91 Å². The van der Waals surface area contributed by atoms with Crippen molar-refractivity contribution in [3.8, 4) is 5.69 Å². The predicted octanol–water partition coefficient (Wildman–Crippen LogP) is 3.13. The van der Waals surface area contributed by atoms with Crippen LogP contribution in [0.15, 0.2) is 54.7 Å². The van der Waals surface area contributed by atoms with Gasteiger partial charge in [0, 0.05) is 12.6 Å². The van der Waals surface area contributed by atoms with Gasteiger partial charge in [0.05, 0.1) is 11.9 Å². The Morgan fingerprint density at radius 2 is 1.70 bits per heavy atom. The minimum atomic E-state index is -0.289. The van der Waals surface area contributed by atoms with Gasteiger partial charge in [-0.25, -0.2) is 4.68 Å². The largest absolute Gasteiger partial charge is 0.349 e. The van der Waals surface area contributed by atoms with Gasteiger partial charge in [-0.3, -0.25) is 4.79 Å². The summed E-state index contributed by atoms with van der Waals surface area (Å²) < 4.78 is 1.58. The number of aryl methyl sites for hydroxylation is 1. The molecule has 2 aromatic carbocycles. The zero-order chi connectivity index (χ0) is 19.4. The number of carbonyl (C=O) groups is 1. The third-order valence-electron chi connectivity index (χ3n) is 4.54. The summed E-state index contributed by atoms with van der Waals surface area (Å²) in [5.74, 6) is 0.189. The van der Waals surface area contributed by atoms with E-state index < -0.39 is 0 Å². The second-order valence-electron chi connectivity index (χ2n) is 7.02. The van der Waals surface area contributed by atoms with Gasteiger partial charge in [-0.1, -0.05) is 61.0 Å². The summed E-state index contributed by atoms with van der Waals surface area (Å²) in [6, 6.07) is 15.7. The molecule has 3 N–H and O–H groups in total. The Hall–Kier alpha value is -2.99. The highest BCUT2D eigenvalue weighted by molar-refractivity contribution is 5.91. The van der Waals surface area contributed by atoms with E-state index >= 15 is 0 Å². The molecule has 1 unspecified atom stereocenters. The predicted molar refractivity (Wildman–Crippen MR) is 106 cm³/mol. The number of rotatable bonds is 6. The maximum atomic E-state index is 12.3. The van der Waals surface area contributed by atoms with Crippen molar-refractivity contribution in [2.45, 2.75) is 32.7 Å². The molecule has 1 heterocycles. The normalized spacial score (nSPS) is 12.2. The molecule has 0 aliphatic carbocycles. The van der Waals surface area contributed by atoms with Crippen LogP contribution in [0.2, 0.25) is 0 Å². The lowest BCUT2D eigenvalue weighted by atomic mass is 9.99. The molecule has 27 heavy (non-hydrogen) atoms. The summed E-state index contributed by atoms with van der Waals surface area (Å²) in [7, 11) is 0. The summed E-state index contributed by atoms with van der Waals surface area (Å²) in [6.07, 6.45) is 1.61. The van der Waals surface area contributed by atoms with Gasteiger partial charge in [0.25, 0.3) is 5.91 Å². The zero-order valence-electron chi connectivity index (χ0n) is 15.9. The lowest BCUT2D eigenvalue weighted by Gasteiger charge is -2.14. The average molecular weight is 363 g/mol. The second-order valence-corrected chi connectivity index (χ2v) is 7.02. The van der Waals surface area contributed by atoms with E-state index in [1.54, 1.807) is 10.9 Å². The van der Waals surface area contributed by atoms with E-state index in [0.29, 0.717) is 12.5 Å². The standard InChI is InChI=1S/C21H25N5O/c1-14(2)16-6-8-17(9-7-16)19(22)12-23-21(27)20-13-26(25-24-20)18-10-4-15(3)5-11-18/h4-11,13-14,19H,12,22H2,1-3H3,(H,23,27). The number of amides is 1. The van der Waals surface area contributed by atoms with Gasteiger partial charge < -0.3 is 11.1 Å². The van der Waals surface area contributed by atoms with E-state index in [1.165, 1.54) is 5.56 Å². The first-order valence-corrected chi connectivity index (χ1v) is 9.07. The Bertz CT molecular complexity index is 897. The Balaban J connectivity index is 1.59. The molecule has 140 valence electrons. The second kappa shape index (κ2) is 8.14. The summed E-state index contributed by atoms with van der Waals surface area (Å²) in [4.78, 5) is 12.3. The molecule has 0 aliphatic heterocycles. The molecule has 1 amide bonds. The van der Waals surface area contributed by atoms with E-state index in [4.69, 9.17) is 5.73 Å². The number of nitrogens with zero attached hydrogens (tertiary/aromatic N) is 3. The third kappa shape index (κ3) is 4.60. The molecule has 1 aromatic heterocycles. The summed E-state index contributed by atoms with van der Waals surface area (Å²) in [5.41, 5.74) is 10.7. The Kier molecular flexibility index (Phi) is 5.66. The van der Waals surface area contributed by atoms with Gasteiger partial charge >= 0.3 is 0 Å². The van der Waals surface area contributed by atoms with Crippen LogP contribution >= 0.6 is 0 Å². The van der Waals surface area contributed by atoms with Crippen molar-refractivity contribution in [3.05, 3.63) is 77.1 Å². The fourth-order valence-electron chi connectivity index (χ4n) is 2.73. The fourth-order valence-corrected chi connectivity index (χ4v) is 2.73. The highest BCUT2D eigenvalue weighted by Crippen LogP contribution is 2.17. The third-order valence-corrected chi connectivity index (χ3v) is 4.54. The molecule has 0 saturated carbocycles. The number of hydrogen-bond acceptors (Lipinski definition) is 4. The lowest BCUT2D eigenvalue weighted by Crippen LogP contribution is -2.32.